The first-order chi connectivity index (χ1) is 19.6. The summed E-state index contributed by atoms with van der Waals surface area (Å²) in [5.41, 5.74) is -5.32. The van der Waals surface area contributed by atoms with Crippen LogP contribution in [0.3, 0.4) is 0 Å². The summed E-state index contributed by atoms with van der Waals surface area (Å²) in [6, 6.07) is 1.29. The molecule has 2 heterocycles. The number of thioether (sulfide) groups is 1. The highest BCUT2D eigenvalue weighted by atomic mass is 32.2. The van der Waals surface area contributed by atoms with E-state index in [-0.39, 0.29) is 31.5 Å². The number of rotatable bonds is 3. The number of imide groups is 1. The number of hydrogen-bond donors (Lipinski definition) is 0. The van der Waals surface area contributed by atoms with Crippen LogP contribution >= 0.6 is 11.8 Å². The number of benzene rings is 1. The molecule has 0 radical (unpaired) electrons. The van der Waals surface area contributed by atoms with Crippen molar-refractivity contribution in [3.8, 4) is 0 Å². The maximum atomic E-state index is 15.6. The first-order valence-corrected chi connectivity index (χ1v) is 14.5. The van der Waals surface area contributed by atoms with Crippen LogP contribution in [0.25, 0.3) is 0 Å². The molecule has 0 saturated carbocycles. The molecular formula is C28H38F2N4O8S. The van der Waals surface area contributed by atoms with Gasteiger partial charge in [0.1, 0.15) is 15.9 Å². The van der Waals surface area contributed by atoms with Crippen molar-refractivity contribution < 1.29 is 42.3 Å². The smallest absolute Gasteiger partial charge is 0.426 e. The summed E-state index contributed by atoms with van der Waals surface area (Å²) >= 11 is 0.770. The van der Waals surface area contributed by atoms with Crippen LogP contribution in [-0.4, -0.2) is 80.2 Å². The van der Waals surface area contributed by atoms with Gasteiger partial charge in [-0.3, -0.25) is 14.9 Å². The largest absolute Gasteiger partial charge is 0.443 e. The molecule has 1 aromatic rings. The zero-order valence-electron chi connectivity index (χ0n) is 25.8. The summed E-state index contributed by atoms with van der Waals surface area (Å²) in [5.74, 6) is -4.31. The van der Waals surface area contributed by atoms with E-state index < -0.39 is 73.3 Å². The molecule has 0 aliphatic carbocycles. The van der Waals surface area contributed by atoms with Gasteiger partial charge in [0.25, 0.3) is 5.69 Å². The second-order valence-corrected chi connectivity index (χ2v) is 14.1. The summed E-state index contributed by atoms with van der Waals surface area (Å²) in [6.45, 7) is 15.0. The number of nitro groups is 1. The highest BCUT2D eigenvalue weighted by Gasteiger charge is 2.58. The predicted molar refractivity (Wildman–Crippen MR) is 155 cm³/mol. The van der Waals surface area contributed by atoms with Gasteiger partial charge in [-0.15, -0.1) is 0 Å². The number of halogens is 2. The Morgan fingerprint density at radius 1 is 1.07 bits per heavy atom. The lowest BCUT2D eigenvalue weighted by Gasteiger charge is -2.49. The van der Waals surface area contributed by atoms with Crippen LogP contribution in [0.2, 0.25) is 0 Å². The van der Waals surface area contributed by atoms with Crippen molar-refractivity contribution in [3.05, 3.63) is 39.4 Å². The molecule has 0 spiro atoms. The van der Waals surface area contributed by atoms with Crippen molar-refractivity contribution in [2.75, 3.05) is 26.3 Å². The first-order valence-electron chi connectivity index (χ1n) is 13.7. The molecule has 43 heavy (non-hydrogen) atoms. The third kappa shape index (κ3) is 7.25. The summed E-state index contributed by atoms with van der Waals surface area (Å²) in [4.78, 5) is 58.6. The predicted octanol–water partition coefficient (Wildman–Crippen LogP) is 5.62. The minimum Gasteiger partial charge on any atom is -0.443 e. The van der Waals surface area contributed by atoms with Crippen molar-refractivity contribution in [2.45, 2.75) is 83.8 Å². The van der Waals surface area contributed by atoms with Gasteiger partial charge in [-0.05, 0) is 55.4 Å². The summed E-state index contributed by atoms with van der Waals surface area (Å²) in [5, 5.41) is 11.2. The fourth-order valence-corrected chi connectivity index (χ4v) is 6.20. The van der Waals surface area contributed by atoms with Crippen molar-refractivity contribution >= 4 is 40.7 Å². The second-order valence-electron chi connectivity index (χ2n) is 12.7. The van der Waals surface area contributed by atoms with Gasteiger partial charge in [0, 0.05) is 30.6 Å². The molecule has 0 unspecified atom stereocenters. The van der Waals surface area contributed by atoms with E-state index in [1.54, 1.807) is 55.4 Å². The fraction of sp³-hybridized carbons (Fsp3) is 0.643. The quantitative estimate of drug-likeness (QED) is 0.308. The molecule has 12 nitrogen and oxygen atoms in total. The van der Waals surface area contributed by atoms with E-state index in [1.807, 2.05) is 0 Å². The number of carbonyl (C=O) groups excluding carboxylic acids is 3. The summed E-state index contributed by atoms with van der Waals surface area (Å²) in [6.07, 6.45) is -2.37. The van der Waals surface area contributed by atoms with Crippen molar-refractivity contribution in [2.24, 2.45) is 10.9 Å². The maximum Gasteiger partial charge on any atom is 0.426 e. The molecule has 3 amide bonds. The Kier molecular flexibility index (Phi) is 9.52. The minimum absolute atomic E-state index is 0.243. The number of amidine groups is 1. The standard InChI is InChI=1S/C28H38F2N4O8S/c1-16-27(8,18-14-17(34(38)39)15-19(29)20(18)30)31-22(43-28(16,9)21(35)32-10-12-40-13-11-32)33(23(36)41-25(2,3)4)24(37)42-26(5,6)7/h14-16H,10-13H2,1-9H3/t16-,27-,28-/m0/s1. The van der Waals surface area contributed by atoms with Crippen LogP contribution < -0.4 is 0 Å². The molecule has 0 N–H and O–H groups in total. The Morgan fingerprint density at radius 3 is 2.05 bits per heavy atom. The van der Waals surface area contributed by atoms with E-state index in [4.69, 9.17) is 14.2 Å². The van der Waals surface area contributed by atoms with Gasteiger partial charge >= 0.3 is 12.2 Å². The van der Waals surface area contributed by atoms with Crippen molar-refractivity contribution in [3.63, 3.8) is 0 Å². The molecule has 1 saturated heterocycles. The van der Waals surface area contributed by atoms with Crippen LogP contribution in [0.5, 0.6) is 0 Å². The number of morpholine rings is 1. The Bertz CT molecular complexity index is 1310. The topological polar surface area (TPSA) is 141 Å². The molecule has 2 aliphatic heterocycles. The molecule has 15 heteroatoms. The van der Waals surface area contributed by atoms with Crippen LogP contribution in [0.4, 0.5) is 24.1 Å². The van der Waals surface area contributed by atoms with Crippen LogP contribution in [-0.2, 0) is 24.5 Å². The van der Waals surface area contributed by atoms with Crippen LogP contribution in [0, 0.1) is 27.7 Å². The number of non-ortho nitro benzene ring substituents is 1. The van der Waals surface area contributed by atoms with Gasteiger partial charge in [-0.1, -0.05) is 18.7 Å². The lowest BCUT2D eigenvalue weighted by Crippen LogP contribution is -2.60. The van der Waals surface area contributed by atoms with Crippen molar-refractivity contribution in [1.29, 1.82) is 0 Å². The van der Waals surface area contributed by atoms with E-state index in [0.29, 0.717) is 11.0 Å². The van der Waals surface area contributed by atoms with Gasteiger partial charge in [-0.2, -0.15) is 4.90 Å². The van der Waals surface area contributed by atoms with E-state index in [9.17, 15) is 28.9 Å². The Morgan fingerprint density at radius 2 is 1.58 bits per heavy atom. The number of carbonyl (C=O) groups is 3. The van der Waals surface area contributed by atoms with Gasteiger partial charge < -0.3 is 19.1 Å². The van der Waals surface area contributed by atoms with Crippen molar-refractivity contribution in [1.82, 2.24) is 9.80 Å². The van der Waals surface area contributed by atoms with E-state index in [0.717, 1.165) is 17.8 Å². The Labute approximate surface area is 253 Å². The van der Waals surface area contributed by atoms with Gasteiger partial charge in [0.15, 0.2) is 16.8 Å². The summed E-state index contributed by atoms with van der Waals surface area (Å²) in [7, 11) is 0. The molecule has 1 aromatic carbocycles. The van der Waals surface area contributed by atoms with E-state index >= 15 is 4.39 Å². The monoisotopic (exact) mass is 628 g/mol. The molecule has 238 valence electrons. The first kappa shape index (κ1) is 34.2. The average molecular weight is 629 g/mol. The lowest BCUT2D eigenvalue weighted by molar-refractivity contribution is -0.385. The Hall–Kier alpha value is -3.33. The van der Waals surface area contributed by atoms with Gasteiger partial charge in [0.05, 0.1) is 29.7 Å². The number of aliphatic imine (C=N–C) groups is 1. The van der Waals surface area contributed by atoms with Gasteiger partial charge in [-0.25, -0.2) is 23.4 Å². The molecule has 3 rings (SSSR count). The number of ether oxygens (including phenoxy) is 3. The molecule has 2 aliphatic rings. The second kappa shape index (κ2) is 12.0. The average Bonchev–Trinajstić information content (AvgIpc) is 2.86. The fourth-order valence-electron chi connectivity index (χ4n) is 4.73. The molecule has 0 bridgehead atoms. The number of hydrogen-bond acceptors (Lipinski definition) is 10. The number of nitro benzene ring substituents is 1. The van der Waals surface area contributed by atoms with E-state index in [2.05, 4.69) is 4.99 Å². The molecule has 0 aromatic heterocycles. The SMILES string of the molecule is C[C@@H]1[C@@](C)(C(=O)N2CCOCC2)SC(N(C(=O)OC(C)(C)C)C(=O)OC(C)(C)C)=N[C@]1(C)c1cc([N+](=O)[O-])cc(F)c1F. The van der Waals surface area contributed by atoms with E-state index in [1.165, 1.54) is 11.8 Å². The number of amides is 3. The molecule has 1 fully saturated rings. The molecule has 3 atom stereocenters. The zero-order valence-corrected chi connectivity index (χ0v) is 26.6. The summed E-state index contributed by atoms with van der Waals surface area (Å²) < 4.78 is 45.1. The van der Waals surface area contributed by atoms with Crippen LogP contribution in [0.1, 0.15) is 67.9 Å². The zero-order chi connectivity index (χ0) is 32.7. The molecular weight excluding hydrogens is 590 g/mol. The third-order valence-electron chi connectivity index (χ3n) is 7.14. The highest BCUT2D eigenvalue weighted by molar-refractivity contribution is 8.15. The number of nitrogens with zero attached hydrogens (tertiary/aromatic N) is 4. The van der Waals surface area contributed by atoms with Crippen LogP contribution in [0.15, 0.2) is 17.1 Å². The highest BCUT2D eigenvalue weighted by Crippen LogP contribution is 2.53. The third-order valence-corrected chi connectivity index (χ3v) is 8.54. The maximum absolute atomic E-state index is 15.6. The van der Waals surface area contributed by atoms with Gasteiger partial charge in [0.2, 0.25) is 5.91 Å². The lowest BCUT2D eigenvalue weighted by atomic mass is 9.73. The Balaban J connectivity index is 2.34. The normalized spacial score (nSPS) is 24.6. The minimum atomic E-state index is -1.91.